The molecule has 1 saturated heterocycles. The van der Waals surface area contributed by atoms with Gasteiger partial charge >= 0.3 is 6.03 Å². The van der Waals surface area contributed by atoms with Crippen LogP contribution in [0.4, 0.5) is 4.79 Å². The zero-order valence-corrected chi connectivity index (χ0v) is 16.0. The molecule has 138 valence electrons. The van der Waals surface area contributed by atoms with Crippen LogP contribution in [-0.2, 0) is 16.9 Å². The molecule has 3 aromatic rings. The Bertz CT molecular complexity index is 1130. The minimum Gasteiger partial charge on any atom is -0.319 e. The molecule has 1 aromatic carbocycles. The molecule has 8 heteroatoms. The fourth-order valence-corrected chi connectivity index (χ4v) is 4.16. The Morgan fingerprint density at radius 3 is 2.56 bits per heavy atom. The van der Waals surface area contributed by atoms with Crippen LogP contribution in [-0.4, -0.2) is 26.2 Å². The first-order chi connectivity index (χ1) is 12.8. The first-order valence-electron chi connectivity index (χ1n) is 8.47. The van der Waals surface area contributed by atoms with Crippen LogP contribution in [0.5, 0.6) is 0 Å². The third kappa shape index (κ3) is 2.73. The van der Waals surface area contributed by atoms with Gasteiger partial charge in [0.2, 0.25) is 0 Å². The number of aromatic nitrogens is 2. The van der Waals surface area contributed by atoms with E-state index in [1.807, 2.05) is 43.5 Å². The van der Waals surface area contributed by atoms with Crippen molar-refractivity contribution >= 4 is 28.2 Å². The Balaban J connectivity index is 1.67. The normalized spacial score (nSPS) is 19.7. The van der Waals surface area contributed by atoms with E-state index in [0.29, 0.717) is 16.2 Å². The van der Waals surface area contributed by atoms with Crippen molar-refractivity contribution in [2.45, 2.75) is 32.9 Å². The van der Waals surface area contributed by atoms with Gasteiger partial charge in [-0.05, 0) is 26.3 Å². The van der Waals surface area contributed by atoms with E-state index in [9.17, 15) is 14.4 Å². The number of thiazole rings is 1. The molecule has 27 heavy (non-hydrogen) atoms. The standard InChI is InChI=1S/C19H18N4O3S/c1-11-4-6-13(7-5-11)19(3)16(25)22(17(26)21-19)9-14-8-15(24)23-12(2)10-27-18(23)20-14/h4-8,10H,9H2,1-3H3,(H,21,26)/t19-/m0/s1. The number of carbonyl (C=O) groups excluding carboxylic acids is 2. The zero-order valence-electron chi connectivity index (χ0n) is 15.1. The van der Waals surface area contributed by atoms with Gasteiger partial charge in [0.05, 0.1) is 12.2 Å². The Morgan fingerprint density at radius 2 is 1.85 bits per heavy atom. The van der Waals surface area contributed by atoms with Crippen LogP contribution < -0.4 is 10.9 Å². The average Bonchev–Trinajstić information content (AvgIpc) is 3.09. The van der Waals surface area contributed by atoms with Crippen LogP contribution in [0.1, 0.15) is 29.4 Å². The molecular weight excluding hydrogens is 364 g/mol. The lowest BCUT2D eigenvalue weighted by molar-refractivity contribution is -0.131. The van der Waals surface area contributed by atoms with Gasteiger partial charge in [-0.25, -0.2) is 9.78 Å². The SMILES string of the molecule is Cc1ccc([C@]2(C)NC(=O)N(Cc3cc(=O)n4c(C)csc4n3)C2=O)cc1. The number of benzene rings is 1. The summed E-state index contributed by atoms with van der Waals surface area (Å²) in [6.07, 6.45) is 0. The average molecular weight is 382 g/mol. The maximum atomic E-state index is 13.0. The summed E-state index contributed by atoms with van der Waals surface area (Å²) in [6, 6.07) is 8.35. The molecule has 2 aromatic heterocycles. The molecule has 0 radical (unpaired) electrons. The van der Waals surface area contributed by atoms with Gasteiger partial charge in [-0.3, -0.25) is 18.9 Å². The first kappa shape index (κ1) is 17.4. The van der Waals surface area contributed by atoms with Crippen molar-refractivity contribution in [3.05, 3.63) is 68.6 Å². The number of hydrogen-bond acceptors (Lipinski definition) is 5. The molecule has 0 bridgehead atoms. The summed E-state index contributed by atoms with van der Waals surface area (Å²) in [6.45, 7) is 5.43. The van der Waals surface area contributed by atoms with Crippen molar-refractivity contribution in [2.75, 3.05) is 0 Å². The number of fused-ring (bicyclic) bond motifs is 1. The minimum absolute atomic E-state index is 0.0468. The fourth-order valence-electron chi connectivity index (χ4n) is 3.27. The zero-order chi connectivity index (χ0) is 19.3. The predicted molar refractivity (Wildman–Crippen MR) is 102 cm³/mol. The molecule has 1 N–H and O–H groups in total. The highest BCUT2D eigenvalue weighted by Gasteiger charge is 2.49. The lowest BCUT2D eigenvalue weighted by atomic mass is 9.91. The van der Waals surface area contributed by atoms with Crippen LogP contribution >= 0.6 is 11.3 Å². The van der Waals surface area contributed by atoms with Crippen molar-refractivity contribution < 1.29 is 9.59 Å². The largest absolute Gasteiger partial charge is 0.325 e. The number of aryl methyl sites for hydroxylation is 2. The maximum Gasteiger partial charge on any atom is 0.325 e. The van der Waals surface area contributed by atoms with E-state index in [4.69, 9.17) is 0 Å². The number of amides is 3. The van der Waals surface area contributed by atoms with Crippen molar-refractivity contribution in [1.82, 2.24) is 19.6 Å². The molecule has 0 spiro atoms. The molecule has 1 fully saturated rings. The monoisotopic (exact) mass is 382 g/mol. The first-order valence-corrected chi connectivity index (χ1v) is 9.35. The van der Waals surface area contributed by atoms with Gasteiger partial charge in [0, 0.05) is 17.1 Å². The van der Waals surface area contributed by atoms with Crippen LogP contribution in [0.15, 0.2) is 40.5 Å². The van der Waals surface area contributed by atoms with E-state index in [1.54, 1.807) is 6.92 Å². The second kappa shape index (κ2) is 6.02. The molecular formula is C19H18N4O3S. The predicted octanol–water partition coefficient (Wildman–Crippen LogP) is 2.34. The van der Waals surface area contributed by atoms with Crippen molar-refractivity contribution in [2.24, 2.45) is 0 Å². The molecule has 3 amide bonds. The number of hydrogen-bond donors (Lipinski definition) is 1. The van der Waals surface area contributed by atoms with Gasteiger partial charge in [-0.15, -0.1) is 11.3 Å². The van der Waals surface area contributed by atoms with E-state index in [0.717, 1.165) is 16.2 Å². The fraction of sp³-hybridized carbons (Fsp3) is 0.263. The molecule has 0 aliphatic carbocycles. The van der Waals surface area contributed by atoms with Crippen LogP contribution in [0.2, 0.25) is 0 Å². The number of rotatable bonds is 3. The topological polar surface area (TPSA) is 83.8 Å². The molecule has 4 rings (SSSR count). The third-order valence-electron chi connectivity index (χ3n) is 4.85. The second-order valence-corrected chi connectivity index (χ2v) is 7.73. The second-order valence-electron chi connectivity index (χ2n) is 6.89. The van der Waals surface area contributed by atoms with E-state index in [-0.39, 0.29) is 18.0 Å². The lowest BCUT2D eigenvalue weighted by Crippen LogP contribution is -2.40. The van der Waals surface area contributed by atoms with Crippen LogP contribution in [0, 0.1) is 13.8 Å². The van der Waals surface area contributed by atoms with E-state index < -0.39 is 11.6 Å². The molecule has 1 atom stereocenters. The van der Waals surface area contributed by atoms with Gasteiger partial charge in [0.25, 0.3) is 11.5 Å². The van der Waals surface area contributed by atoms with Crippen molar-refractivity contribution in [3.8, 4) is 0 Å². The molecule has 0 saturated carbocycles. The number of carbonyl (C=O) groups is 2. The summed E-state index contributed by atoms with van der Waals surface area (Å²) in [4.78, 5) is 43.9. The highest BCUT2D eigenvalue weighted by atomic mass is 32.1. The van der Waals surface area contributed by atoms with E-state index in [2.05, 4.69) is 10.3 Å². The Morgan fingerprint density at radius 1 is 1.15 bits per heavy atom. The van der Waals surface area contributed by atoms with E-state index >= 15 is 0 Å². The van der Waals surface area contributed by atoms with Gasteiger partial charge < -0.3 is 5.32 Å². The van der Waals surface area contributed by atoms with Gasteiger partial charge in [0.1, 0.15) is 5.54 Å². The molecule has 1 aliphatic heterocycles. The summed E-state index contributed by atoms with van der Waals surface area (Å²) in [7, 11) is 0. The van der Waals surface area contributed by atoms with Crippen LogP contribution in [0.25, 0.3) is 4.96 Å². The summed E-state index contributed by atoms with van der Waals surface area (Å²) in [5.41, 5.74) is 1.62. The number of nitrogens with one attached hydrogen (secondary N) is 1. The number of nitrogens with zero attached hydrogens (tertiary/aromatic N) is 3. The van der Waals surface area contributed by atoms with Gasteiger partial charge in [-0.2, -0.15) is 0 Å². The molecule has 7 nitrogen and oxygen atoms in total. The Hall–Kier alpha value is -3.00. The number of urea groups is 1. The van der Waals surface area contributed by atoms with Gasteiger partial charge in [0.15, 0.2) is 4.96 Å². The quantitative estimate of drug-likeness (QED) is 0.705. The molecule has 3 heterocycles. The van der Waals surface area contributed by atoms with Gasteiger partial charge in [-0.1, -0.05) is 29.8 Å². The maximum absolute atomic E-state index is 13.0. The summed E-state index contributed by atoms with van der Waals surface area (Å²) in [5, 5.41) is 4.61. The smallest absolute Gasteiger partial charge is 0.319 e. The number of imide groups is 1. The minimum atomic E-state index is -1.14. The summed E-state index contributed by atoms with van der Waals surface area (Å²) >= 11 is 1.35. The third-order valence-corrected chi connectivity index (χ3v) is 5.80. The Kier molecular flexibility index (Phi) is 3.88. The summed E-state index contributed by atoms with van der Waals surface area (Å²) in [5.74, 6) is -0.360. The van der Waals surface area contributed by atoms with E-state index in [1.165, 1.54) is 21.8 Å². The molecule has 1 aliphatic rings. The highest BCUT2D eigenvalue weighted by molar-refractivity contribution is 7.15. The molecule has 0 unspecified atom stereocenters. The van der Waals surface area contributed by atoms with Crippen molar-refractivity contribution in [1.29, 1.82) is 0 Å². The Labute approximate surface area is 159 Å². The lowest BCUT2D eigenvalue weighted by Gasteiger charge is -2.22. The highest BCUT2D eigenvalue weighted by Crippen LogP contribution is 2.29. The summed E-state index contributed by atoms with van der Waals surface area (Å²) < 4.78 is 1.51. The van der Waals surface area contributed by atoms with Crippen molar-refractivity contribution in [3.63, 3.8) is 0 Å². The van der Waals surface area contributed by atoms with Crippen LogP contribution in [0.3, 0.4) is 0 Å².